The van der Waals surface area contributed by atoms with Crippen LogP contribution < -0.4 is 15.2 Å². The van der Waals surface area contributed by atoms with E-state index in [1.807, 2.05) is 12.1 Å². The van der Waals surface area contributed by atoms with E-state index in [-0.39, 0.29) is 12.6 Å². The van der Waals surface area contributed by atoms with E-state index in [1.165, 1.54) is 0 Å². The second kappa shape index (κ2) is 7.78. The van der Waals surface area contributed by atoms with E-state index < -0.39 is 0 Å². The molecule has 0 saturated carbocycles. The number of halogens is 2. The molecule has 0 fully saturated rings. The highest BCUT2D eigenvalue weighted by atomic mass is 79.9. The van der Waals surface area contributed by atoms with Gasteiger partial charge in [0.05, 0.1) is 11.6 Å². The van der Waals surface area contributed by atoms with E-state index in [0.717, 1.165) is 22.9 Å². The van der Waals surface area contributed by atoms with Gasteiger partial charge in [0.1, 0.15) is 6.61 Å². The second-order valence-corrected chi connectivity index (χ2v) is 5.68. The Morgan fingerprint density at radius 1 is 1.53 bits per heavy atom. The molecule has 0 aliphatic rings. The van der Waals surface area contributed by atoms with Crippen LogP contribution in [0.15, 0.2) is 28.2 Å². The van der Waals surface area contributed by atoms with E-state index in [9.17, 15) is 0 Å². The van der Waals surface area contributed by atoms with E-state index in [0.29, 0.717) is 16.5 Å². The van der Waals surface area contributed by atoms with Gasteiger partial charge >= 0.3 is 0 Å². The normalized spacial score (nSPS) is 12.1. The second-order valence-electron chi connectivity index (χ2n) is 4.29. The van der Waals surface area contributed by atoms with Gasteiger partial charge in [0.25, 0.3) is 0 Å². The summed E-state index contributed by atoms with van der Waals surface area (Å²) < 4.78 is 11.7. The first-order valence-corrected chi connectivity index (χ1v) is 7.23. The van der Waals surface area contributed by atoms with Crippen molar-refractivity contribution in [2.45, 2.75) is 25.8 Å². The highest BCUT2D eigenvalue weighted by Gasteiger charge is 2.13. The summed E-state index contributed by atoms with van der Waals surface area (Å²) in [7, 11) is 1.60. The average Bonchev–Trinajstić information content (AvgIpc) is 2.36. The predicted octanol–water partition coefficient (Wildman–Crippen LogP) is 3.87. The smallest absolute Gasteiger partial charge is 0.175 e. The monoisotopic (exact) mass is 347 g/mol. The molecule has 19 heavy (non-hydrogen) atoms. The summed E-state index contributed by atoms with van der Waals surface area (Å²) in [5.74, 6) is 1.28. The lowest BCUT2D eigenvalue weighted by molar-refractivity contribution is 0.322. The minimum Gasteiger partial charge on any atom is -0.493 e. The Balaban J connectivity index is 2.97. The molecule has 0 radical (unpaired) electrons. The van der Waals surface area contributed by atoms with Gasteiger partial charge < -0.3 is 15.2 Å². The summed E-state index contributed by atoms with van der Waals surface area (Å²) >= 11 is 9.18. The molecule has 0 saturated heterocycles. The third kappa shape index (κ3) is 5.05. The largest absolute Gasteiger partial charge is 0.493 e. The summed E-state index contributed by atoms with van der Waals surface area (Å²) in [5.41, 5.74) is 7.07. The van der Waals surface area contributed by atoms with Crippen LogP contribution in [0.4, 0.5) is 0 Å². The predicted molar refractivity (Wildman–Crippen MR) is 83.2 cm³/mol. The number of ether oxygens (including phenoxy) is 2. The van der Waals surface area contributed by atoms with Crippen molar-refractivity contribution in [3.8, 4) is 11.5 Å². The molecule has 1 atom stereocenters. The van der Waals surface area contributed by atoms with Crippen molar-refractivity contribution in [3.05, 3.63) is 33.8 Å². The fourth-order valence-electron chi connectivity index (χ4n) is 1.63. The fraction of sp³-hybridized carbons (Fsp3) is 0.429. The molecule has 0 heterocycles. The van der Waals surface area contributed by atoms with Crippen molar-refractivity contribution in [2.24, 2.45) is 5.73 Å². The summed E-state index contributed by atoms with van der Waals surface area (Å²) in [6.45, 7) is 5.90. The number of hydrogen-bond acceptors (Lipinski definition) is 3. The average molecular weight is 349 g/mol. The Kier molecular flexibility index (Phi) is 6.69. The van der Waals surface area contributed by atoms with Gasteiger partial charge in [0.15, 0.2) is 11.5 Å². The van der Waals surface area contributed by atoms with E-state index in [4.69, 9.17) is 26.8 Å². The lowest BCUT2D eigenvalue weighted by atomic mass is 10.0. The minimum absolute atomic E-state index is 0.144. The Morgan fingerprint density at radius 2 is 2.21 bits per heavy atom. The van der Waals surface area contributed by atoms with Gasteiger partial charge in [-0.2, -0.15) is 0 Å². The molecule has 0 bridgehead atoms. The van der Waals surface area contributed by atoms with Crippen LogP contribution in [0.2, 0.25) is 0 Å². The van der Waals surface area contributed by atoms with Gasteiger partial charge in [-0.05, 0) is 46.5 Å². The van der Waals surface area contributed by atoms with Crippen LogP contribution in [0.3, 0.4) is 0 Å². The van der Waals surface area contributed by atoms with Gasteiger partial charge in [-0.25, -0.2) is 0 Å². The number of benzene rings is 1. The molecule has 1 aromatic rings. The summed E-state index contributed by atoms with van der Waals surface area (Å²) in [6.07, 6.45) is 1.73. The van der Waals surface area contributed by atoms with Gasteiger partial charge in [-0.1, -0.05) is 25.1 Å². The Labute approximate surface area is 127 Å². The van der Waals surface area contributed by atoms with Crippen LogP contribution in [-0.4, -0.2) is 19.8 Å². The first-order chi connectivity index (χ1) is 8.97. The molecule has 0 amide bonds. The topological polar surface area (TPSA) is 44.5 Å². The molecule has 1 rings (SSSR count). The maximum atomic E-state index is 5.97. The molecule has 0 spiro atoms. The number of methoxy groups -OCH3 is 1. The van der Waals surface area contributed by atoms with Crippen LogP contribution in [0.1, 0.15) is 18.9 Å². The van der Waals surface area contributed by atoms with Gasteiger partial charge in [-0.3, -0.25) is 0 Å². The van der Waals surface area contributed by atoms with Crippen molar-refractivity contribution in [2.75, 3.05) is 13.7 Å². The molecule has 1 unspecified atom stereocenters. The van der Waals surface area contributed by atoms with Crippen LogP contribution in [0.5, 0.6) is 11.5 Å². The zero-order chi connectivity index (χ0) is 14.4. The Bertz CT molecular complexity index is 451. The van der Waals surface area contributed by atoms with Crippen molar-refractivity contribution in [3.63, 3.8) is 0 Å². The molecular formula is C14H19BrClNO2. The van der Waals surface area contributed by atoms with Crippen molar-refractivity contribution >= 4 is 27.5 Å². The number of rotatable bonds is 7. The van der Waals surface area contributed by atoms with Crippen molar-refractivity contribution in [1.82, 2.24) is 0 Å². The van der Waals surface area contributed by atoms with E-state index in [1.54, 1.807) is 7.11 Å². The van der Waals surface area contributed by atoms with E-state index in [2.05, 4.69) is 29.4 Å². The van der Waals surface area contributed by atoms with Gasteiger partial charge in [0, 0.05) is 11.1 Å². The lowest BCUT2D eigenvalue weighted by Crippen LogP contribution is -2.21. The molecule has 3 nitrogen and oxygen atoms in total. The van der Waals surface area contributed by atoms with E-state index >= 15 is 0 Å². The SMILES string of the molecule is C=C(Cl)COc1c(Br)cc(CC(N)CC)cc1OC. The molecule has 5 heteroatoms. The molecule has 2 N–H and O–H groups in total. The molecule has 0 aliphatic carbocycles. The van der Waals surface area contributed by atoms with Crippen LogP contribution >= 0.6 is 27.5 Å². The Hall–Kier alpha value is -0.710. The van der Waals surface area contributed by atoms with Crippen molar-refractivity contribution in [1.29, 1.82) is 0 Å². The quantitative estimate of drug-likeness (QED) is 0.813. The molecule has 1 aromatic carbocycles. The molecule has 0 aliphatic heterocycles. The highest BCUT2D eigenvalue weighted by molar-refractivity contribution is 9.10. The first kappa shape index (κ1) is 16.3. The first-order valence-electron chi connectivity index (χ1n) is 6.06. The highest BCUT2D eigenvalue weighted by Crippen LogP contribution is 2.37. The van der Waals surface area contributed by atoms with Crippen LogP contribution in [0.25, 0.3) is 0 Å². The maximum Gasteiger partial charge on any atom is 0.175 e. The molecular weight excluding hydrogens is 330 g/mol. The van der Waals surface area contributed by atoms with Crippen LogP contribution in [0, 0.1) is 0 Å². The number of hydrogen-bond donors (Lipinski definition) is 1. The third-order valence-electron chi connectivity index (χ3n) is 2.68. The maximum absolute atomic E-state index is 5.97. The van der Waals surface area contributed by atoms with Crippen LogP contribution in [-0.2, 0) is 6.42 Å². The summed E-state index contributed by atoms with van der Waals surface area (Å²) in [5, 5.41) is 0.436. The molecule has 0 aromatic heterocycles. The summed E-state index contributed by atoms with van der Waals surface area (Å²) in [6, 6.07) is 4.07. The third-order valence-corrected chi connectivity index (χ3v) is 3.38. The van der Waals surface area contributed by atoms with Crippen molar-refractivity contribution < 1.29 is 9.47 Å². The minimum atomic E-state index is 0.144. The standard InChI is InChI=1S/C14H19BrClNO2/c1-4-11(17)5-10-6-12(15)14(13(7-10)18-3)19-8-9(2)16/h6-7,11H,2,4-5,8,17H2,1,3H3. The van der Waals surface area contributed by atoms with Gasteiger partial charge in [-0.15, -0.1) is 0 Å². The zero-order valence-corrected chi connectivity index (χ0v) is 13.6. The van der Waals surface area contributed by atoms with Gasteiger partial charge in [0.2, 0.25) is 0 Å². The lowest BCUT2D eigenvalue weighted by Gasteiger charge is -2.15. The summed E-state index contributed by atoms with van der Waals surface area (Å²) in [4.78, 5) is 0. The fourth-order valence-corrected chi connectivity index (χ4v) is 2.29. The number of nitrogens with two attached hydrogens (primary N) is 1. The molecule has 106 valence electrons. The Morgan fingerprint density at radius 3 is 2.74 bits per heavy atom. The zero-order valence-electron chi connectivity index (χ0n) is 11.2.